The SMILES string of the molecule is CC(=O)C(F)(F)F.CC(=O)C(F)(F)F. The molecule has 84 valence electrons. The van der Waals surface area contributed by atoms with E-state index in [0.29, 0.717) is 13.8 Å². The van der Waals surface area contributed by atoms with Crippen molar-refractivity contribution in [1.82, 2.24) is 0 Å². The summed E-state index contributed by atoms with van der Waals surface area (Å²) in [7, 11) is 0. The third-order valence-electron chi connectivity index (χ3n) is 0.798. The Balaban J connectivity index is 0. The highest BCUT2D eigenvalue weighted by atomic mass is 19.4. The summed E-state index contributed by atoms with van der Waals surface area (Å²) in [5.74, 6) is -3.51. The molecule has 0 bridgehead atoms. The van der Waals surface area contributed by atoms with Crippen LogP contribution in [0.4, 0.5) is 26.3 Å². The minimum Gasteiger partial charge on any atom is -0.290 e. The molecule has 0 saturated heterocycles. The van der Waals surface area contributed by atoms with Crippen LogP contribution >= 0.6 is 0 Å². The minimum absolute atomic E-state index is 0.486. The minimum atomic E-state index is -4.64. The molecule has 0 amide bonds. The highest BCUT2D eigenvalue weighted by Crippen LogP contribution is 2.14. The Morgan fingerprint density at radius 1 is 0.714 bits per heavy atom. The predicted octanol–water partition coefficient (Wildman–Crippen LogP) is 2.28. The van der Waals surface area contributed by atoms with Crippen molar-refractivity contribution in [3.05, 3.63) is 0 Å². The zero-order valence-corrected chi connectivity index (χ0v) is 7.08. The smallest absolute Gasteiger partial charge is 0.290 e. The van der Waals surface area contributed by atoms with Crippen molar-refractivity contribution in [2.24, 2.45) is 0 Å². The summed E-state index contributed by atoms with van der Waals surface area (Å²) in [6.07, 6.45) is -9.28. The third kappa shape index (κ3) is 9.01. The summed E-state index contributed by atoms with van der Waals surface area (Å²) in [5.41, 5.74) is 0. The molecule has 0 aromatic rings. The monoisotopic (exact) mass is 224 g/mol. The van der Waals surface area contributed by atoms with E-state index >= 15 is 0 Å². The van der Waals surface area contributed by atoms with Crippen molar-refractivity contribution >= 4 is 11.6 Å². The second-order valence-corrected chi connectivity index (χ2v) is 2.11. The number of Topliss-reactive ketones (excluding diaryl/α,β-unsaturated/α-hetero) is 2. The molecule has 0 aromatic carbocycles. The second kappa shape index (κ2) is 4.97. The molecule has 0 aliphatic carbocycles. The van der Waals surface area contributed by atoms with Gasteiger partial charge >= 0.3 is 12.4 Å². The van der Waals surface area contributed by atoms with Crippen LogP contribution in [-0.4, -0.2) is 23.9 Å². The fraction of sp³-hybridized carbons (Fsp3) is 0.667. The van der Waals surface area contributed by atoms with Crippen LogP contribution < -0.4 is 0 Å². The van der Waals surface area contributed by atoms with Gasteiger partial charge in [0.25, 0.3) is 0 Å². The van der Waals surface area contributed by atoms with E-state index in [-0.39, 0.29) is 0 Å². The number of hydrogen-bond acceptors (Lipinski definition) is 2. The molecule has 0 rings (SSSR count). The Labute approximate surface area is 74.9 Å². The van der Waals surface area contributed by atoms with Gasteiger partial charge in [-0.1, -0.05) is 0 Å². The van der Waals surface area contributed by atoms with Crippen LogP contribution in [0.25, 0.3) is 0 Å². The molecular weight excluding hydrogens is 218 g/mol. The molecule has 0 radical (unpaired) electrons. The lowest BCUT2D eigenvalue weighted by molar-refractivity contribution is -0.168. The van der Waals surface area contributed by atoms with Crippen molar-refractivity contribution in [3.8, 4) is 0 Å². The highest BCUT2D eigenvalue weighted by molar-refractivity contribution is 5.81. The van der Waals surface area contributed by atoms with Crippen LogP contribution in [0, 0.1) is 0 Å². The maximum Gasteiger partial charge on any atom is 0.449 e. The van der Waals surface area contributed by atoms with Gasteiger partial charge in [0, 0.05) is 13.8 Å². The van der Waals surface area contributed by atoms with Gasteiger partial charge in [-0.3, -0.25) is 9.59 Å². The molecule has 0 aliphatic rings. The number of hydrogen-bond donors (Lipinski definition) is 0. The van der Waals surface area contributed by atoms with E-state index < -0.39 is 23.9 Å². The van der Waals surface area contributed by atoms with Crippen LogP contribution in [0.3, 0.4) is 0 Å². The number of carbonyl (C=O) groups is 2. The maximum atomic E-state index is 10.8. The van der Waals surface area contributed by atoms with Crippen LogP contribution in [0.2, 0.25) is 0 Å². The molecular formula is C6H6F6O2. The fourth-order valence-corrected chi connectivity index (χ4v) is 0. The summed E-state index contributed by atoms with van der Waals surface area (Å²) in [6.45, 7) is 0.972. The van der Waals surface area contributed by atoms with Gasteiger partial charge in [0.15, 0.2) is 0 Å². The summed E-state index contributed by atoms with van der Waals surface area (Å²) in [6, 6.07) is 0. The average Bonchev–Trinajstić information content (AvgIpc) is 1.83. The number of alkyl halides is 6. The summed E-state index contributed by atoms with van der Waals surface area (Å²) in [5, 5.41) is 0. The van der Waals surface area contributed by atoms with Crippen molar-refractivity contribution in [3.63, 3.8) is 0 Å². The first-order valence-corrected chi connectivity index (χ1v) is 3.04. The van der Waals surface area contributed by atoms with Gasteiger partial charge in [0.2, 0.25) is 11.6 Å². The van der Waals surface area contributed by atoms with E-state index in [4.69, 9.17) is 0 Å². The molecule has 0 saturated carbocycles. The molecule has 8 heteroatoms. The zero-order chi connectivity index (χ0) is 12.2. The predicted molar refractivity (Wildman–Crippen MR) is 33.5 cm³/mol. The molecule has 0 fully saturated rings. The fourth-order valence-electron chi connectivity index (χ4n) is 0. The number of carbonyl (C=O) groups excluding carboxylic acids is 2. The Morgan fingerprint density at radius 3 is 0.786 bits per heavy atom. The Morgan fingerprint density at radius 2 is 0.786 bits per heavy atom. The first-order valence-electron chi connectivity index (χ1n) is 3.04. The van der Waals surface area contributed by atoms with Crippen molar-refractivity contribution in [2.45, 2.75) is 26.2 Å². The van der Waals surface area contributed by atoms with Gasteiger partial charge in [-0.25, -0.2) is 0 Å². The van der Waals surface area contributed by atoms with Crippen LogP contribution in [-0.2, 0) is 9.59 Å². The van der Waals surface area contributed by atoms with E-state index in [9.17, 15) is 35.9 Å². The van der Waals surface area contributed by atoms with Gasteiger partial charge in [0.1, 0.15) is 0 Å². The molecule has 14 heavy (non-hydrogen) atoms. The summed E-state index contributed by atoms with van der Waals surface area (Å²) in [4.78, 5) is 18.7. The summed E-state index contributed by atoms with van der Waals surface area (Å²) < 4.78 is 65.0. The van der Waals surface area contributed by atoms with Gasteiger partial charge in [-0.15, -0.1) is 0 Å². The second-order valence-electron chi connectivity index (χ2n) is 2.11. The van der Waals surface area contributed by atoms with Crippen molar-refractivity contribution in [1.29, 1.82) is 0 Å². The molecule has 0 aromatic heterocycles. The standard InChI is InChI=1S/2C3H3F3O/c2*1-2(7)3(4,5)6/h2*1H3. The zero-order valence-electron chi connectivity index (χ0n) is 7.08. The highest BCUT2D eigenvalue weighted by Gasteiger charge is 2.34. The molecule has 0 aliphatic heterocycles. The molecule has 0 atom stereocenters. The lowest BCUT2D eigenvalue weighted by Crippen LogP contribution is -2.18. The van der Waals surface area contributed by atoms with Crippen LogP contribution in [0.1, 0.15) is 13.8 Å². The van der Waals surface area contributed by atoms with E-state index in [1.165, 1.54) is 0 Å². The van der Waals surface area contributed by atoms with E-state index in [1.54, 1.807) is 0 Å². The summed E-state index contributed by atoms with van der Waals surface area (Å²) >= 11 is 0. The van der Waals surface area contributed by atoms with Gasteiger partial charge in [0.05, 0.1) is 0 Å². The molecule has 0 N–H and O–H groups in total. The van der Waals surface area contributed by atoms with Gasteiger partial charge in [-0.05, 0) is 0 Å². The quantitative estimate of drug-likeness (QED) is 0.591. The lowest BCUT2D eigenvalue weighted by atomic mass is 10.5. The van der Waals surface area contributed by atoms with E-state index in [2.05, 4.69) is 0 Å². The maximum absolute atomic E-state index is 10.8. The molecule has 0 heterocycles. The van der Waals surface area contributed by atoms with Crippen molar-refractivity contribution in [2.75, 3.05) is 0 Å². The van der Waals surface area contributed by atoms with E-state index in [0.717, 1.165) is 0 Å². The largest absolute Gasteiger partial charge is 0.449 e. The Kier molecular flexibility index (Phi) is 5.46. The normalized spacial score (nSPS) is 11.4. The molecule has 0 unspecified atom stereocenters. The Hall–Kier alpha value is -1.08. The first-order chi connectivity index (χ1) is 5.89. The molecule has 2 nitrogen and oxygen atoms in total. The third-order valence-corrected chi connectivity index (χ3v) is 0.798. The van der Waals surface area contributed by atoms with E-state index in [1.807, 2.05) is 0 Å². The number of halogens is 6. The molecule has 0 spiro atoms. The van der Waals surface area contributed by atoms with Crippen LogP contribution in [0.5, 0.6) is 0 Å². The average molecular weight is 224 g/mol. The lowest BCUT2D eigenvalue weighted by Gasteiger charge is -1.95. The topological polar surface area (TPSA) is 34.1 Å². The van der Waals surface area contributed by atoms with Crippen LogP contribution in [0.15, 0.2) is 0 Å². The number of ketones is 2. The van der Waals surface area contributed by atoms with Gasteiger partial charge in [-0.2, -0.15) is 26.3 Å². The van der Waals surface area contributed by atoms with Gasteiger partial charge < -0.3 is 0 Å². The Bertz CT molecular complexity index is 189. The number of rotatable bonds is 0. The first kappa shape index (κ1) is 15.4. The van der Waals surface area contributed by atoms with Crippen molar-refractivity contribution < 1.29 is 35.9 Å².